The highest BCUT2D eigenvalue weighted by atomic mass is 19.4. The minimum Gasteiger partial charge on any atom is -0.389 e. The molecule has 2 N–H and O–H groups in total. The molecule has 8 heteroatoms. The quantitative estimate of drug-likeness (QED) is 0.514. The molecule has 4 atom stereocenters. The normalized spacial score (nSPS) is 30.0. The van der Waals surface area contributed by atoms with E-state index in [1.165, 1.54) is 12.1 Å². The summed E-state index contributed by atoms with van der Waals surface area (Å²) in [7, 11) is 0. The molecular weight excluding hydrogens is 436 g/mol. The van der Waals surface area contributed by atoms with Gasteiger partial charge in [-0.3, -0.25) is 0 Å². The van der Waals surface area contributed by atoms with E-state index in [4.69, 9.17) is 0 Å². The van der Waals surface area contributed by atoms with Crippen molar-refractivity contribution in [3.05, 3.63) is 59.5 Å². The fourth-order valence-electron chi connectivity index (χ4n) is 6.18. The Balaban J connectivity index is 1.64. The molecule has 5 rings (SSSR count). The summed E-state index contributed by atoms with van der Waals surface area (Å²) in [5, 5.41) is 26.6. The summed E-state index contributed by atoms with van der Waals surface area (Å²) in [6, 6.07) is 10.0. The number of rotatable bonds is 2. The van der Waals surface area contributed by atoms with Gasteiger partial charge in [0.1, 0.15) is 5.82 Å². The molecule has 0 spiro atoms. The summed E-state index contributed by atoms with van der Waals surface area (Å²) in [6.07, 6.45) is -3.21. The van der Waals surface area contributed by atoms with Crippen molar-refractivity contribution in [1.29, 1.82) is 0 Å². The number of fused-ring (bicyclic) bond motifs is 4. The van der Waals surface area contributed by atoms with Crippen LogP contribution in [0.4, 0.5) is 17.6 Å². The van der Waals surface area contributed by atoms with Crippen molar-refractivity contribution in [3.8, 4) is 5.69 Å². The molecule has 33 heavy (non-hydrogen) atoms. The number of aliphatic hydroxyl groups excluding tert-OH is 1. The number of alkyl halides is 3. The number of aryl methyl sites for hydroxylation is 1. The molecule has 0 aliphatic heterocycles. The van der Waals surface area contributed by atoms with Crippen molar-refractivity contribution in [2.45, 2.75) is 68.7 Å². The number of nitrogens with zero attached hydrogens (tertiary/aromatic N) is 2. The first-order valence-electron chi connectivity index (χ1n) is 11.3. The van der Waals surface area contributed by atoms with Crippen LogP contribution >= 0.6 is 0 Å². The van der Waals surface area contributed by atoms with Crippen LogP contribution in [0.2, 0.25) is 0 Å². The standard InChI is InChI=1S/C25H26F4N2O2/c1-2-23-10-11-24(33,25(27,28)29)22(32)19(23)5-3-4-15-13-21-16(12-20(15)23)14-30-31(21)18-8-6-17(26)7-9-18/h6-9,12-14,19,22,32-33H,2-5,10-11H2,1H3/t19-,22-,23+,24+/m1/s1. The molecule has 1 fully saturated rings. The van der Waals surface area contributed by atoms with Crippen molar-refractivity contribution >= 4 is 10.9 Å². The Morgan fingerprint density at radius 1 is 1.15 bits per heavy atom. The number of hydrogen-bond acceptors (Lipinski definition) is 3. The lowest BCUT2D eigenvalue weighted by Gasteiger charge is -2.53. The minimum absolute atomic E-state index is 0.145. The fourth-order valence-corrected chi connectivity index (χ4v) is 6.18. The van der Waals surface area contributed by atoms with E-state index >= 15 is 0 Å². The number of aromatic nitrogens is 2. The van der Waals surface area contributed by atoms with Crippen LogP contribution in [0, 0.1) is 11.7 Å². The summed E-state index contributed by atoms with van der Waals surface area (Å²) in [5.41, 5.74) is -0.213. The molecule has 0 amide bonds. The second-order valence-corrected chi connectivity index (χ2v) is 9.48. The predicted octanol–water partition coefficient (Wildman–Crippen LogP) is 5.21. The van der Waals surface area contributed by atoms with Crippen molar-refractivity contribution < 1.29 is 27.8 Å². The second-order valence-electron chi connectivity index (χ2n) is 9.48. The molecular formula is C25H26F4N2O2. The highest BCUT2D eigenvalue weighted by Gasteiger charge is 2.66. The molecule has 0 saturated heterocycles. The Kier molecular flexibility index (Phi) is 5.10. The maximum atomic E-state index is 13.7. The number of aliphatic hydroxyl groups is 2. The minimum atomic E-state index is -4.89. The average Bonchev–Trinajstić information content (AvgIpc) is 3.11. The van der Waals surface area contributed by atoms with Gasteiger partial charge in [0, 0.05) is 10.8 Å². The Bertz CT molecular complexity index is 1190. The Hall–Kier alpha value is -2.45. The van der Waals surface area contributed by atoms with Gasteiger partial charge in [0.15, 0.2) is 5.60 Å². The monoisotopic (exact) mass is 462 g/mol. The third-order valence-electron chi connectivity index (χ3n) is 8.02. The maximum Gasteiger partial charge on any atom is 0.419 e. The van der Waals surface area contributed by atoms with E-state index in [2.05, 4.69) is 5.10 Å². The van der Waals surface area contributed by atoms with E-state index in [0.717, 1.165) is 22.0 Å². The van der Waals surface area contributed by atoms with Gasteiger partial charge in [-0.1, -0.05) is 6.92 Å². The van der Waals surface area contributed by atoms with Crippen LogP contribution in [0.3, 0.4) is 0 Å². The zero-order valence-corrected chi connectivity index (χ0v) is 18.2. The first kappa shape index (κ1) is 22.3. The van der Waals surface area contributed by atoms with Crippen molar-refractivity contribution in [2.75, 3.05) is 0 Å². The molecule has 2 aliphatic rings. The van der Waals surface area contributed by atoms with Gasteiger partial charge in [-0.25, -0.2) is 9.07 Å². The molecule has 2 aromatic carbocycles. The van der Waals surface area contributed by atoms with Crippen LogP contribution in [0.5, 0.6) is 0 Å². The molecule has 1 saturated carbocycles. The zero-order chi connectivity index (χ0) is 23.6. The largest absolute Gasteiger partial charge is 0.419 e. The van der Waals surface area contributed by atoms with Gasteiger partial charge in [-0.2, -0.15) is 18.3 Å². The number of hydrogen-bond donors (Lipinski definition) is 2. The number of benzene rings is 2. The summed E-state index contributed by atoms with van der Waals surface area (Å²) in [4.78, 5) is 0. The van der Waals surface area contributed by atoms with E-state index < -0.39 is 35.6 Å². The smallest absolute Gasteiger partial charge is 0.389 e. The van der Waals surface area contributed by atoms with Gasteiger partial charge in [0.05, 0.1) is 23.5 Å². The summed E-state index contributed by atoms with van der Waals surface area (Å²) < 4.78 is 56.2. The molecule has 2 aliphatic carbocycles. The molecule has 3 aromatic rings. The van der Waals surface area contributed by atoms with E-state index in [-0.39, 0.29) is 12.2 Å². The highest BCUT2D eigenvalue weighted by molar-refractivity contribution is 5.82. The molecule has 0 radical (unpaired) electrons. The third-order valence-corrected chi connectivity index (χ3v) is 8.02. The van der Waals surface area contributed by atoms with Crippen molar-refractivity contribution in [1.82, 2.24) is 9.78 Å². The van der Waals surface area contributed by atoms with Crippen molar-refractivity contribution in [3.63, 3.8) is 0 Å². The van der Waals surface area contributed by atoms with Crippen LogP contribution in [-0.4, -0.2) is 37.9 Å². The molecule has 4 nitrogen and oxygen atoms in total. The Morgan fingerprint density at radius 2 is 1.88 bits per heavy atom. The Labute approximate surface area is 188 Å². The van der Waals surface area contributed by atoms with Crippen LogP contribution in [0.25, 0.3) is 16.6 Å². The van der Waals surface area contributed by atoms with E-state index in [0.29, 0.717) is 31.4 Å². The van der Waals surface area contributed by atoms with Gasteiger partial charge in [-0.05, 0) is 92.0 Å². The van der Waals surface area contributed by atoms with Gasteiger partial charge >= 0.3 is 6.18 Å². The zero-order valence-electron chi connectivity index (χ0n) is 18.2. The molecule has 1 aromatic heterocycles. The topological polar surface area (TPSA) is 58.3 Å². The molecule has 176 valence electrons. The van der Waals surface area contributed by atoms with Crippen LogP contribution in [0.1, 0.15) is 50.2 Å². The highest BCUT2D eigenvalue weighted by Crippen LogP contribution is 2.57. The first-order chi connectivity index (χ1) is 15.6. The van der Waals surface area contributed by atoms with E-state index in [1.54, 1.807) is 23.0 Å². The van der Waals surface area contributed by atoms with Gasteiger partial charge in [0.2, 0.25) is 0 Å². The first-order valence-corrected chi connectivity index (χ1v) is 11.3. The lowest BCUT2D eigenvalue weighted by atomic mass is 9.55. The van der Waals surface area contributed by atoms with Crippen molar-refractivity contribution in [2.24, 2.45) is 5.92 Å². The van der Waals surface area contributed by atoms with E-state index in [9.17, 15) is 27.8 Å². The molecule has 1 heterocycles. The van der Waals surface area contributed by atoms with Crippen LogP contribution < -0.4 is 0 Å². The fraction of sp³-hybridized carbons (Fsp3) is 0.480. The molecule has 0 bridgehead atoms. The summed E-state index contributed by atoms with van der Waals surface area (Å²) >= 11 is 0. The molecule has 0 unspecified atom stereocenters. The SMILES string of the molecule is CC[C@]12CC[C@@](O)(C(F)(F)F)[C@H](O)[C@H]1CCCc1cc3c(cnn3-c3ccc(F)cc3)cc12. The second kappa shape index (κ2) is 7.53. The lowest BCUT2D eigenvalue weighted by Crippen LogP contribution is -2.64. The maximum absolute atomic E-state index is 13.7. The average molecular weight is 462 g/mol. The third kappa shape index (κ3) is 3.21. The Morgan fingerprint density at radius 3 is 2.55 bits per heavy atom. The van der Waals surface area contributed by atoms with Gasteiger partial charge < -0.3 is 10.2 Å². The van der Waals surface area contributed by atoms with Crippen LogP contribution in [-0.2, 0) is 11.8 Å². The van der Waals surface area contributed by atoms with E-state index in [1.807, 2.05) is 19.1 Å². The number of halogens is 4. The van der Waals surface area contributed by atoms with Gasteiger partial charge in [-0.15, -0.1) is 0 Å². The summed E-state index contributed by atoms with van der Waals surface area (Å²) in [6.45, 7) is 1.94. The predicted molar refractivity (Wildman–Crippen MR) is 116 cm³/mol. The lowest BCUT2D eigenvalue weighted by molar-refractivity contribution is -0.314. The summed E-state index contributed by atoms with van der Waals surface area (Å²) in [5.74, 6) is -1.04. The van der Waals surface area contributed by atoms with Gasteiger partial charge in [0.25, 0.3) is 0 Å². The van der Waals surface area contributed by atoms with Crippen LogP contribution in [0.15, 0.2) is 42.6 Å².